The second kappa shape index (κ2) is 7.61. The van der Waals surface area contributed by atoms with Gasteiger partial charge in [0.25, 0.3) is 5.89 Å². The van der Waals surface area contributed by atoms with Crippen molar-refractivity contribution in [2.75, 3.05) is 6.26 Å². The van der Waals surface area contributed by atoms with E-state index < -0.39 is 15.8 Å². The smallest absolute Gasteiger partial charge is 0.338 e. The zero-order valence-electron chi connectivity index (χ0n) is 14.5. The summed E-state index contributed by atoms with van der Waals surface area (Å²) in [6, 6.07) is 11.6. The van der Waals surface area contributed by atoms with Gasteiger partial charge in [0.15, 0.2) is 16.4 Å². The number of hydrogen-bond donors (Lipinski definition) is 0. The number of benzene rings is 2. The van der Waals surface area contributed by atoms with E-state index in [-0.39, 0.29) is 23.0 Å². The number of aryl methyl sites for hydroxylation is 1. The largest absolute Gasteiger partial charge is 0.452 e. The lowest BCUT2D eigenvalue weighted by Gasteiger charge is -2.07. The molecule has 0 aliphatic carbocycles. The minimum atomic E-state index is -3.43. The van der Waals surface area contributed by atoms with E-state index in [1.165, 1.54) is 12.1 Å². The highest BCUT2D eigenvalue weighted by molar-refractivity contribution is 9.10. The van der Waals surface area contributed by atoms with Crippen molar-refractivity contribution in [1.82, 2.24) is 10.2 Å². The summed E-state index contributed by atoms with van der Waals surface area (Å²) in [5.74, 6) is -0.219. The molecule has 0 atom stereocenters. The lowest BCUT2D eigenvalue weighted by molar-refractivity contribution is 0.0437. The van der Waals surface area contributed by atoms with Crippen molar-refractivity contribution < 1.29 is 22.4 Å². The van der Waals surface area contributed by atoms with Crippen molar-refractivity contribution in [2.45, 2.75) is 18.4 Å². The molecular formula is C18H15BrN2O5S. The van der Waals surface area contributed by atoms with Gasteiger partial charge in [0, 0.05) is 16.3 Å². The minimum Gasteiger partial charge on any atom is -0.452 e. The van der Waals surface area contributed by atoms with Crippen molar-refractivity contribution in [3.63, 3.8) is 0 Å². The number of rotatable bonds is 5. The highest BCUT2D eigenvalue weighted by Crippen LogP contribution is 2.21. The average molecular weight is 451 g/mol. The molecule has 9 heteroatoms. The second-order valence-electron chi connectivity index (χ2n) is 5.83. The summed E-state index contributed by atoms with van der Waals surface area (Å²) < 4.78 is 34.9. The van der Waals surface area contributed by atoms with Crippen LogP contribution < -0.4 is 0 Å². The number of sulfone groups is 1. The van der Waals surface area contributed by atoms with Gasteiger partial charge in [-0.3, -0.25) is 0 Å². The predicted octanol–water partition coefficient (Wildman–Crippen LogP) is 3.57. The van der Waals surface area contributed by atoms with Crippen LogP contribution in [0.5, 0.6) is 0 Å². The molecule has 0 aliphatic heterocycles. The number of esters is 1. The highest BCUT2D eigenvalue weighted by atomic mass is 79.9. The molecule has 0 saturated heterocycles. The van der Waals surface area contributed by atoms with Gasteiger partial charge in [-0.1, -0.05) is 22.0 Å². The van der Waals surface area contributed by atoms with Gasteiger partial charge >= 0.3 is 5.97 Å². The summed E-state index contributed by atoms with van der Waals surface area (Å²) in [5.41, 5.74) is 1.51. The molecule has 140 valence electrons. The number of hydrogen-bond acceptors (Lipinski definition) is 7. The number of carbonyl (C=O) groups is 1. The van der Waals surface area contributed by atoms with Gasteiger partial charge in [-0.25, -0.2) is 13.2 Å². The van der Waals surface area contributed by atoms with Crippen LogP contribution in [0.3, 0.4) is 0 Å². The summed E-state index contributed by atoms with van der Waals surface area (Å²) in [6.07, 6.45) is 1.08. The molecule has 0 bridgehead atoms. The Labute approximate surface area is 164 Å². The zero-order chi connectivity index (χ0) is 19.6. The van der Waals surface area contributed by atoms with Gasteiger partial charge in [-0.15, -0.1) is 10.2 Å². The van der Waals surface area contributed by atoms with Crippen molar-refractivity contribution in [3.05, 3.63) is 64.0 Å². The lowest BCUT2D eigenvalue weighted by atomic mass is 10.1. The van der Waals surface area contributed by atoms with Crippen LogP contribution in [0.15, 0.2) is 56.2 Å². The van der Waals surface area contributed by atoms with Crippen LogP contribution in [-0.2, 0) is 21.2 Å². The van der Waals surface area contributed by atoms with Gasteiger partial charge in [-0.2, -0.15) is 0 Å². The maximum atomic E-state index is 12.3. The van der Waals surface area contributed by atoms with E-state index in [1.54, 1.807) is 13.0 Å². The fourth-order valence-electron chi connectivity index (χ4n) is 2.28. The molecule has 0 radical (unpaired) electrons. The third-order valence-electron chi connectivity index (χ3n) is 3.74. The third-order valence-corrected chi connectivity index (χ3v) is 5.38. The lowest BCUT2D eigenvalue weighted by Crippen LogP contribution is -2.09. The van der Waals surface area contributed by atoms with Crippen LogP contribution in [0.25, 0.3) is 11.5 Å². The monoisotopic (exact) mass is 450 g/mol. The van der Waals surface area contributed by atoms with Crippen LogP contribution in [0.1, 0.15) is 21.8 Å². The van der Waals surface area contributed by atoms with Crippen LogP contribution in [0.4, 0.5) is 0 Å². The van der Waals surface area contributed by atoms with Crippen molar-refractivity contribution >= 4 is 31.7 Å². The first-order valence-corrected chi connectivity index (χ1v) is 10.5. The van der Waals surface area contributed by atoms with E-state index in [1.807, 2.05) is 24.3 Å². The van der Waals surface area contributed by atoms with Gasteiger partial charge in [0.2, 0.25) is 5.89 Å². The van der Waals surface area contributed by atoms with E-state index in [9.17, 15) is 13.2 Å². The standard InChI is InChI=1S/C18H15BrN2O5S/c1-11-3-8-14(27(2,23)24)9-15(11)18(22)25-10-16-20-21-17(26-16)12-4-6-13(19)7-5-12/h3-9H,10H2,1-2H3. The predicted molar refractivity (Wildman–Crippen MR) is 101 cm³/mol. The first-order valence-electron chi connectivity index (χ1n) is 7.80. The van der Waals surface area contributed by atoms with E-state index in [4.69, 9.17) is 9.15 Å². The van der Waals surface area contributed by atoms with E-state index in [2.05, 4.69) is 26.1 Å². The molecule has 2 aromatic carbocycles. The Balaban J connectivity index is 1.72. The maximum absolute atomic E-state index is 12.3. The van der Waals surface area contributed by atoms with Crippen molar-refractivity contribution in [1.29, 1.82) is 0 Å². The Bertz CT molecular complexity index is 1090. The van der Waals surface area contributed by atoms with Crippen LogP contribution in [-0.4, -0.2) is 30.8 Å². The molecule has 27 heavy (non-hydrogen) atoms. The normalized spacial score (nSPS) is 11.4. The Morgan fingerprint density at radius 2 is 1.85 bits per heavy atom. The zero-order valence-corrected chi connectivity index (χ0v) is 16.9. The molecule has 0 N–H and O–H groups in total. The van der Waals surface area contributed by atoms with Crippen molar-refractivity contribution in [2.24, 2.45) is 0 Å². The van der Waals surface area contributed by atoms with Gasteiger partial charge in [-0.05, 0) is 48.9 Å². The number of halogens is 1. The molecule has 0 unspecified atom stereocenters. The summed E-state index contributed by atoms with van der Waals surface area (Å²) in [5, 5.41) is 7.79. The third kappa shape index (κ3) is 4.61. The SMILES string of the molecule is Cc1ccc(S(C)(=O)=O)cc1C(=O)OCc1nnc(-c2ccc(Br)cc2)o1. The summed E-state index contributed by atoms with van der Waals surface area (Å²) in [6.45, 7) is 1.48. The molecule has 0 aliphatic rings. The minimum absolute atomic E-state index is 0.0513. The topological polar surface area (TPSA) is 99.4 Å². The van der Waals surface area contributed by atoms with E-state index >= 15 is 0 Å². The second-order valence-corrected chi connectivity index (χ2v) is 8.76. The van der Waals surface area contributed by atoms with E-state index in [0.717, 1.165) is 16.3 Å². The van der Waals surface area contributed by atoms with Gasteiger partial charge in [0.05, 0.1) is 10.5 Å². The molecule has 3 aromatic rings. The summed E-state index contributed by atoms with van der Waals surface area (Å²) in [4.78, 5) is 12.4. The summed E-state index contributed by atoms with van der Waals surface area (Å²) in [7, 11) is -3.43. The quantitative estimate of drug-likeness (QED) is 0.547. The Morgan fingerprint density at radius 1 is 1.15 bits per heavy atom. The molecular weight excluding hydrogens is 436 g/mol. The molecule has 0 fully saturated rings. The fourth-order valence-corrected chi connectivity index (χ4v) is 3.19. The van der Waals surface area contributed by atoms with Crippen LogP contribution in [0.2, 0.25) is 0 Å². The summed E-state index contributed by atoms with van der Waals surface area (Å²) >= 11 is 3.35. The van der Waals surface area contributed by atoms with Crippen molar-refractivity contribution in [3.8, 4) is 11.5 Å². The first kappa shape index (κ1) is 19.2. The molecule has 1 aromatic heterocycles. The molecule has 7 nitrogen and oxygen atoms in total. The number of aromatic nitrogens is 2. The molecule has 0 amide bonds. The molecule has 3 rings (SSSR count). The van der Waals surface area contributed by atoms with Gasteiger partial charge < -0.3 is 9.15 Å². The van der Waals surface area contributed by atoms with Crippen LogP contribution in [0, 0.1) is 6.92 Å². The van der Waals surface area contributed by atoms with Gasteiger partial charge in [0.1, 0.15) is 0 Å². The molecule has 0 spiro atoms. The molecule has 1 heterocycles. The number of carbonyl (C=O) groups excluding carboxylic acids is 1. The van der Waals surface area contributed by atoms with Crippen LogP contribution >= 0.6 is 15.9 Å². The Hall–Kier alpha value is -2.52. The maximum Gasteiger partial charge on any atom is 0.338 e. The number of nitrogens with zero attached hydrogens (tertiary/aromatic N) is 2. The van der Waals surface area contributed by atoms with E-state index in [0.29, 0.717) is 11.5 Å². The Kier molecular flexibility index (Phi) is 5.43. The fraction of sp³-hybridized carbons (Fsp3) is 0.167. The highest BCUT2D eigenvalue weighted by Gasteiger charge is 2.17. The number of ether oxygens (including phenoxy) is 1. The first-order chi connectivity index (χ1) is 12.7. The average Bonchev–Trinajstić information content (AvgIpc) is 3.08. The molecule has 0 saturated carbocycles. The Morgan fingerprint density at radius 3 is 2.52 bits per heavy atom.